The van der Waals surface area contributed by atoms with E-state index in [0.717, 1.165) is 18.4 Å². The number of sulfone groups is 1. The molecule has 0 radical (unpaired) electrons. The third kappa shape index (κ3) is 2.86. The molecule has 2 aliphatic rings. The molecule has 0 aromatic heterocycles. The first-order chi connectivity index (χ1) is 9.56. The number of hydrogen-bond donors (Lipinski definition) is 2. The van der Waals surface area contributed by atoms with Crippen molar-refractivity contribution in [3.8, 4) is 0 Å². The van der Waals surface area contributed by atoms with Crippen molar-refractivity contribution in [1.29, 1.82) is 0 Å². The fourth-order valence-corrected chi connectivity index (χ4v) is 4.15. The van der Waals surface area contributed by atoms with E-state index in [4.69, 9.17) is 0 Å². The quantitative estimate of drug-likeness (QED) is 0.860. The molecule has 1 heterocycles. The third-order valence-electron chi connectivity index (χ3n) is 3.76. The molecule has 3 rings (SSSR count). The molecule has 0 spiro atoms. The van der Waals surface area contributed by atoms with Gasteiger partial charge in [-0.05, 0) is 30.9 Å². The van der Waals surface area contributed by atoms with Gasteiger partial charge in [0, 0.05) is 12.1 Å². The minimum atomic E-state index is -3.16. The van der Waals surface area contributed by atoms with Crippen LogP contribution >= 0.6 is 0 Å². The molecule has 5 nitrogen and oxygen atoms in total. The molecule has 6 heteroatoms. The second-order valence-electron chi connectivity index (χ2n) is 5.42. The molecule has 0 saturated heterocycles. The van der Waals surface area contributed by atoms with E-state index >= 15 is 0 Å². The second-order valence-corrected chi connectivity index (χ2v) is 7.50. The molecule has 1 atom stereocenters. The Kier molecular flexibility index (Phi) is 3.52. The molecular weight excluding hydrogens is 276 g/mol. The van der Waals surface area contributed by atoms with Crippen LogP contribution < -0.4 is 10.6 Å². The van der Waals surface area contributed by atoms with Crippen LogP contribution in [0, 0.1) is 0 Å². The topological polar surface area (TPSA) is 75.3 Å². The van der Waals surface area contributed by atoms with E-state index in [9.17, 15) is 13.2 Å². The molecule has 1 aliphatic carbocycles. The van der Waals surface area contributed by atoms with Crippen LogP contribution in [0.2, 0.25) is 0 Å². The van der Waals surface area contributed by atoms with Crippen molar-refractivity contribution in [2.75, 3.05) is 12.3 Å². The summed E-state index contributed by atoms with van der Waals surface area (Å²) in [6.45, 7) is 0.232. The maximum atomic E-state index is 12.0. The van der Waals surface area contributed by atoms with Crippen LogP contribution in [0.5, 0.6) is 0 Å². The van der Waals surface area contributed by atoms with Crippen molar-refractivity contribution in [3.05, 3.63) is 29.8 Å². The predicted molar refractivity (Wildman–Crippen MR) is 75.0 cm³/mol. The van der Waals surface area contributed by atoms with E-state index in [2.05, 4.69) is 10.6 Å². The number of carbonyl (C=O) groups is 1. The molecule has 0 bridgehead atoms. The summed E-state index contributed by atoms with van der Waals surface area (Å²) < 4.78 is 24.0. The summed E-state index contributed by atoms with van der Waals surface area (Å²) in [5.41, 5.74) is 0.776. The molecule has 20 heavy (non-hydrogen) atoms. The molecule has 1 aliphatic heterocycles. The van der Waals surface area contributed by atoms with E-state index in [-0.39, 0.29) is 24.2 Å². The lowest BCUT2D eigenvalue weighted by molar-refractivity contribution is -0.120. The first-order valence-electron chi connectivity index (χ1n) is 6.91. The maximum Gasteiger partial charge on any atom is 0.234 e. The number of amides is 1. The molecule has 1 saturated carbocycles. The summed E-state index contributed by atoms with van der Waals surface area (Å²) >= 11 is 0. The van der Waals surface area contributed by atoms with Crippen LogP contribution in [-0.2, 0) is 14.6 Å². The third-order valence-corrected chi connectivity index (χ3v) is 5.57. The molecular formula is C14H18N2O3S. The Hall–Kier alpha value is -1.40. The summed E-state index contributed by atoms with van der Waals surface area (Å²) in [5.74, 6) is 0.116. The zero-order valence-corrected chi connectivity index (χ0v) is 11.9. The monoisotopic (exact) mass is 294 g/mol. The van der Waals surface area contributed by atoms with Crippen LogP contribution in [0.4, 0.5) is 0 Å². The second kappa shape index (κ2) is 5.18. The Labute approximate surface area is 118 Å². The molecule has 1 aromatic rings. The van der Waals surface area contributed by atoms with Crippen LogP contribution in [0.15, 0.2) is 29.2 Å². The lowest BCUT2D eigenvalue weighted by Crippen LogP contribution is -2.38. The predicted octanol–water partition coefficient (Wildman–Crippen LogP) is 0.773. The maximum absolute atomic E-state index is 12.0. The Morgan fingerprint density at radius 3 is 2.70 bits per heavy atom. The first kappa shape index (κ1) is 13.6. The van der Waals surface area contributed by atoms with Crippen molar-refractivity contribution in [2.45, 2.75) is 36.2 Å². The molecule has 1 fully saturated rings. The van der Waals surface area contributed by atoms with Gasteiger partial charge in [0.05, 0.1) is 17.2 Å². The number of rotatable bonds is 4. The summed E-state index contributed by atoms with van der Waals surface area (Å²) in [5, 5.41) is 6.09. The lowest BCUT2D eigenvalue weighted by Gasteiger charge is -2.26. The van der Waals surface area contributed by atoms with Gasteiger partial charge < -0.3 is 10.6 Å². The zero-order chi connectivity index (χ0) is 14.2. The van der Waals surface area contributed by atoms with Gasteiger partial charge in [0.1, 0.15) is 0 Å². The van der Waals surface area contributed by atoms with Crippen molar-refractivity contribution in [3.63, 3.8) is 0 Å². The summed E-state index contributed by atoms with van der Waals surface area (Å²) in [6.07, 6.45) is 2.64. The average Bonchev–Trinajstić information content (AvgIpc) is 3.22. The van der Waals surface area contributed by atoms with Gasteiger partial charge in [-0.25, -0.2) is 8.42 Å². The largest absolute Gasteiger partial charge is 0.352 e. The van der Waals surface area contributed by atoms with Gasteiger partial charge in [-0.2, -0.15) is 0 Å². The van der Waals surface area contributed by atoms with E-state index < -0.39 is 9.84 Å². The molecule has 1 amide bonds. The van der Waals surface area contributed by atoms with Crippen molar-refractivity contribution < 1.29 is 13.2 Å². The molecule has 2 N–H and O–H groups in total. The number of nitrogens with one attached hydrogen (secondary N) is 2. The Morgan fingerprint density at radius 1 is 1.20 bits per heavy atom. The summed E-state index contributed by atoms with van der Waals surface area (Å²) in [6, 6.07) is 7.31. The van der Waals surface area contributed by atoms with Gasteiger partial charge in [0.25, 0.3) is 0 Å². The fraction of sp³-hybridized carbons (Fsp3) is 0.500. The number of hydrogen-bond acceptors (Lipinski definition) is 4. The molecule has 1 aromatic carbocycles. The van der Waals surface area contributed by atoms with Crippen molar-refractivity contribution >= 4 is 15.7 Å². The van der Waals surface area contributed by atoms with Gasteiger partial charge in [-0.3, -0.25) is 4.79 Å². The highest BCUT2D eigenvalue weighted by Crippen LogP contribution is 2.31. The van der Waals surface area contributed by atoms with E-state index in [1.807, 2.05) is 12.1 Å². The summed E-state index contributed by atoms with van der Waals surface area (Å²) in [4.78, 5) is 12.1. The SMILES string of the molecule is O=C(CNC1CCS(=O)(=O)c2ccccc21)NC1CC1. The molecule has 108 valence electrons. The van der Waals surface area contributed by atoms with Gasteiger partial charge in [-0.15, -0.1) is 0 Å². The molecule has 1 unspecified atom stereocenters. The lowest BCUT2D eigenvalue weighted by atomic mass is 10.0. The van der Waals surface area contributed by atoms with E-state index in [0.29, 0.717) is 17.4 Å². The standard InChI is InChI=1S/C14H18N2O3S/c17-14(16-10-5-6-10)9-15-12-7-8-20(18,19)13-4-2-1-3-11(12)13/h1-4,10,12,15H,5-9H2,(H,16,17). The highest BCUT2D eigenvalue weighted by Gasteiger charge is 2.30. The Bertz CT molecular complexity index is 623. The van der Waals surface area contributed by atoms with Gasteiger partial charge in [-0.1, -0.05) is 18.2 Å². The fourth-order valence-electron chi connectivity index (χ4n) is 2.52. The highest BCUT2D eigenvalue weighted by atomic mass is 32.2. The smallest absolute Gasteiger partial charge is 0.234 e. The number of benzene rings is 1. The Morgan fingerprint density at radius 2 is 1.95 bits per heavy atom. The van der Waals surface area contributed by atoms with Gasteiger partial charge in [0.2, 0.25) is 5.91 Å². The number of fused-ring (bicyclic) bond motifs is 1. The minimum absolute atomic E-state index is 0.0154. The van der Waals surface area contributed by atoms with Crippen LogP contribution in [0.3, 0.4) is 0 Å². The van der Waals surface area contributed by atoms with E-state index in [1.54, 1.807) is 12.1 Å². The van der Waals surface area contributed by atoms with Gasteiger partial charge >= 0.3 is 0 Å². The average molecular weight is 294 g/mol. The van der Waals surface area contributed by atoms with Crippen LogP contribution in [0.1, 0.15) is 30.9 Å². The minimum Gasteiger partial charge on any atom is -0.352 e. The van der Waals surface area contributed by atoms with Crippen molar-refractivity contribution in [1.82, 2.24) is 10.6 Å². The van der Waals surface area contributed by atoms with Gasteiger partial charge in [0.15, 0.2) is 9.84 Å². The Balaban J connectivity index is 1.70. The zero-order valence-electron chi connectivity index (χ0n) is 11.1. The van der Waals surface area contributed by atoms with Crippen LogP contribution in [0.25, 0.3) is 0 Å². The number of carbonyl (C=O) groups excluding carboxylic acids is 1. The summed E-state index contributed by atoms with van der Waals surface area (Å²) in [7, 11) is -3.16. The van der Waals surface area contributed by atoms with E-state index in [1.165, 1.54) is 0 Å². The normalized spacial score (nSPS) is 23.9. The first-order valence-corrected chi connectivity index (χ1v) is 8.56. The van der Waals surface area contributed by atoms with Crippen LogP contribution in [-0.4, -0.2) is 32.7 Å². The van der Waals surface area contributed by atoms with Crippen molar-refractivity contribution in [2.24, 2.45) is 0 Å². The highest BCUT2D eigenvalue weighted by molar-refractivity contribution is 7.91.